The predicted molar refractivity (Wildman–Crippen MR) is 106 cm³/mol. The molecule has 0 bridgehead atoms. The van der Waals surface area contributed by atoms with Crippen molar-refractivity contribution in [2.45, 2.75) is 39.6 Å². The Morgan fingerprint density at radius 3 is 2.48 bits per heavy atom. The molecule has 2 rings (SSSR count). The van der Waals surface area contributed by atoms with Gasteiger partial charge in [-0.3, -0.25) is 0 Å². The largest absolute Gasteiger partial charge is 0.491 e. The number of benzene rings is 2. The second-order valence-corrected chi connectivity index (χ2v) is 7.16. The van der Waals surface area contributed by atoms with E-state index in [0.717, 1.165) is 27.2 Å². The summed E-state index contributed by atoms with van der Waals surface area (Å²) in [5.41, 5.74) is 2.28. The summed E-state index contributed by atoms with van der Waals surface area (Å²) in [7, 11) is 0. The van der Waals surface area contributed by atoms with Crippen LogP contribution in [-0.4, -0.2) is 25.6 Å². The van der Waals surface area contributed by atoms with Crippen LogP contribution >= 0.6 is 27.5 Å². The number of hydrogen-bond acceptors (Lipinski definition) is 3. The smallest absolute Gasteiger partial charge is 0.155 e. The van der Waals surface area contributed by atoms with Gasteiger partial charge in [0.1, 0.15) is 12.4 Å². The molecule has 0 aliphatic rings. The first-order valence-corrected chi connectivity index (χ1v) is 9.57. The third-order valence-corrected chi connectivity index (χ3v) is 4.50. The van der Waals surface area contributed by atoms with Crippen molar-refractivity contribution in [3.05, 3.63) is 63.1 Å². The van der Waals surface area contributed by atoms with Gasteiger partial charge >= 0.3 is 0 Å². The van der Waals surface area contributed by atoms with Crippen LogP contribution in [0.25, 0.3) is 0 Å². The van der Waals surface area contributed by atoms with Gasteiger partial charge in [0.2, 0.25) is 0 Å². The van der Waals surface area contributed by atoms with Gasteiger partial charge in [-0.25, -0.2) is 0 Å². The van der Waals surface area contributed by atoms with E-state index in [-0.39, 0.29) is 12.4 Å². The molecular weight excluding hydrogens is 404 g/mol. The Morgan fingerprint density at radius 1 is 1.08 bits per heavy atom. The SMILES string of the molecule is CCOC(C)OC(C)COc1ccc(Cc2cc(Br)ccc2Cl)cc1. The molecule has 3 nitrogen and oxygen atoms in total. The Bertz CT molecular complexity index is 660. The highest BCUT2D eigenvalue weighted by molar-refractivity contribution is 9.10. The molecule has 136 valence electrons. The minimum atomic E-state index is -0.221. The summed E-state index contributed by atoms with van der Waals surface area (Å²) in [4.78, 5) is 0. The fourth-order valence-electron chi connectivity index (χ4n) is 2.46. The van der Waals surface area contributed by atoms with E-state index in [2.05, 4.69) is 28.1 Å². The summed E-state index contributed by atoms with van der Waals surface area (Å²) in [6, 6.07) is 14.0. The van der Waals surface area contributed by atoms with Crippen molar-refractivity contribution in [3.63, 3.8) is 0 Å². The van der Waals surface area contributed by atoms with E-state index in [9.17, 15) is 0 Å². The molecule has 2 aromatic carbocycles. The zero-order valence-corrected chi connectivity index (χ0v) is 17.1. The average Bonchev–Trinajstić information content (AvgIpc) is 2.58. The fourth-order valence-corrected chi connectivity index (χ4v) is 3.05. The highest BCUT2D eigenvalue weighted by Gasteiger charge is 2.09. The van der Waals surface area contributed by atoms with E-state index in [4.69, 9.17) is 25.8 Å². The van der Waals surface area contributed by atoms with E-state index >= 15 is 0 Å². The monoisotopic (exact) mass is 426 g/mol. The molecule has 0 aliphatic heterocycles. The van der Waals surface area contributed by atoms with Crippen molar-refractivity contribution >= 4 is 27.5 Å². The molecule has 25 heavy (non-hydrogen) atoms. The number of hydrogen-bond donors (Lipinski definition) is 0. The molecule has 0 N–H and O–H groups in total. The molecule has 0 heterocycles. The Hall–Kier alpha value is -1.07. The summed E-state index contributed by atoms with van der Waals surface area (Å²) in [5, 5.41) is 0.776. The summed E-state index contributed by atoms with van der Waals surface area (Å²) in [6.07, 6.45) is 0.520. The lowest BCUT2D eigenvalue weighted by Crippen LogP contribution is -2.25. The highest BCUT2D eigenvalue weighted by atomic mass is 79.9. The van der Waals surface area contributed by atoms with E-state index in [1.54, 1.807) is 0 Å². The lowest BCUT2D eigenvalue weighted by atomic mass is 10.1. The Balaban J connectivity index is 1.86. The summed E-state index contributed by atoms with van der Waals surface area (Å²) in [6.45, 7) is 6.93. The van der Waals surface area contributed by atoms with Gasteiger partial charge in [0.05, 0.1) is 6.10 Å². The average molecular weight is 428 g/mol. The number of halogens is 2. The predicted octanol–water partition coefficient (Wildman–Crippen LogP) is 5.86. The van der Waals surface area contributed by atoms with Crippen molar-refractivity contribution in [2.24, 2.45) is 0 Å². The van der Waals surface area contributed by atoms with Gasteiger partial charge in [-0.1, -0.05) is 39.7 Å². The quantitative estimate of drug-likeness (QED) is 0.469. The van der Waals surface area contributed by atoms with Crippen molar-refractivity contribution < 1.29 is 14.2 Å². The molecule has 2 unspecified atom stereocenters. The number of ether oxygens (including phenoxy) is 3. The van der Waals surface area contributed by atoms with E-state index < -0.39 is 0 Å². The summed E-state index contributed by atoms with van der Waals surface area (Å²) in [5.74, 6) is 0.823. The van der Waals surface area contributed by atoms with Crippen LogP contribution < -0.4 is 4.74 Å². The number of rotatable bonds is 9. The zero-order valence-electron chi connectivity index (χ0n) is 14.8. The maximum absolute atomic E-state index is 6.26. The molecule has 0 amide bonds. The van der Waals surface area contributed by atoms with Crippen LogP contribution in [0, 0.1) is 0 Å². The second-order valence-electron chi connectivity index (χ2n) is 5.84. The third kappa shape index (κ3) is 6.98. The minimum Gasteiger partial charge on any atom is -0.491 e. The van der Waals surface area contributed by atoms with Gasteiger partial charge in [0, 0.05) is 16.1 Å². The van der Waals surface area contributed by atoms with Crippen molar-refractivity contribution in [2.75, 3.05) is 13.2 Å². The van der Waals surface area contributed by atoms with Gasteiger partial charge in [0.25, 0.3) is 0 Å². The van der Waals surface area contributed by atoms with Crippen LogP contribution in [0.15, 0.2) is 46.9 Å². The molecular formula is C20H24BrClO3. The van der Waals surface area contributed by atoms with Gasteiger partial charge < -0.3 is 14.2 Å². The van der Waals surface area contributed by atoms with Gasteiger partial charge in [-0.05, 0) is 68.7 Å². The summed E-state index contributed by atoms with van der Waals surface area (Å²) >= 11 is 9.74. The molecule has 0 saturated carbocycles. The highest BCUT2D eigenvalue weighted by Crippen LogP contribution is 2.24. The molecule has 5 heteroatoms. The molecule has 0 fully saturated rings. The van der Waals surface area contributed by atoms with Gasteiger partial charge in [-0.2, -0.15) is 0 Å². The topological polar surface area (TPSA) is 27.7 Å². The molecule has 0 saturated heterocycles. The molecule has 0 aliphatic carbocycles. The third-order valence-electron chi connectivity index (χ3n) is 3.64. The lowest BCUT2D eigenvalue weighted by Gasteiger charge is -2.19. The fraction of sp³-hybridized carbons (Fsp3) is 0.400. The van der Waals surface area contributed by atoms with Crippen LogP contribution in [0.5, 0.6) is 5.75 Å². The molecule has 0 radical (unpaired) electrons. The van der Waals surface area contributed by atoms with Gasteiger partial charge in [0.15, 0.2) is 6.29 Å². The first-order valence-electron chi connectivity index (χ1n) is 8.40. The first-order chi connectivity index (χ1) is 12.0. The van der Waals surface area contributed by atoms with Gasteiger partial charge in [-0.15, -0.1) is 0 Å². The Morgan fingerprint density at radius 2 is 1.80 bits per heavy atom. The zero-order chi connectivity index (χ0) is 18.2. The first kappa shape index (κ1) is 20.2. The maximum Gasteiger partial charge on any atom is 0.155 e. The maximum atomic E-state index is 6.26. The van der Waals surface area contributed by atoms with Crippen LogP contribution in [0.1, 0.15) is 31.9 Å². The van der Waals surface area contributed by atoms with Crippen LogP contribution in [-0.2, 0) is 15.9 Å². The summed E-state index contributed by atoms with van der Waals surface area (Å²) < 4.78 is 17.8. The van der Waals surface area contributed by atoms with Crippen LogP contribution in [0.2, 0.25) is 5.02 Å². The van der Waals surface area contributed by atoms with E-state index in [0.29, 0.717) is 13.2 Å². The Labute approximate surface area is 163 Å². The molecule has 0 spiro atoms. The van der Waals surface area contributed by atoms with E-state index in [1.807, 2.05) is 51.1 Å². The lowest BCUT2D eigenvalue weighted by molar-refractivity contribution is -0.158. The molecule has 0 aromatic heterocycles. The molecule has 2 aromatic rings. The molecule has 2 atom stereocenters. The van der Waals surface area contributed by atoms with E-state index in [1.165, 1.54) is 5.56 Å². The normalized spacial score (nSPS) is 13.5. The van der Waals surface area contributed by atoms with Crippen molar-refractivity contribution in [3.8, 4) is 5.75 Å². The second kappa shape index (κ2) is 10.2. The minimum absolute atomic E-state index is 0.0401. The van der Waals surface area contributed by atoms with Crippen molar-refractivity contribution in [1.82, 2.24) is 0 Å². The standard InChI is InChI=1S/C20H24BrClO3/c1-4-23-15(3)25-14(2)13-24-19-8-5-16(6-9-19)11-17-12-18(21)7-10-20(17)22/h5-10,12,14-15H,4,11,13H2,1-3H3. The van der Waals surface area contributed by atoms with Crippen LogP contribution in [0.3, 0.4) is 0 Å². The van der Waals surface area contributed by atoms with Crippen LogP contribution in [0.4, 0.5) is 0 Å². The Kier molecular flexibility index (Phi) is 8.24. The van der Waals surface area contributed by atoms with Crippen molar-refractivity contribution in [1.29, 1.82) is 0 Å².